The zero-order chi connectivity index (χ0) is 21.8. The number of hydrogen-bond donors (Lipinski definition) is 1. The highest BCUT2D eigenvalue weighted by Gasteiger charge is 2.35. The molecule has 160 valence electrons. The van der Waals surface area contributed by atoms with Crippen LogP contribution in [0, 0.1) is 18.7 Å². The molecule has 4 rings (SSSR count). The second-order valence-electron chi connectivity index (χ2n) is 8.01. The van der Waals surface area contributed by atoms with Crippen molar-refractivity contribution < 1.29 is 18.4 Å². The van der Waals surface area contributed by atoms with E-state index in [0.717, 1.165) is 5.56 Å². The van der Waals surface area contributed by atoms with Crippen molar-refractivity contribution in [1.82, 2.24) is 10.2 Å². The normalized spacial score (nSPS) is 18.6. The lowest BCUT2D eigenvalue weighted by molar-refractivity contribution is -0.126. The molecule has 2 amide bonds. The minimum Gasteiger partial charge on any atom is -0.467 e. The van der Waals surface area contributed by atoms with Crippen LogP contribution in [0.3, 0.4) is 0 Å². The van der Waals surface area contributed by atoms with E-state index in [2.05, 4.69) is 5.32 Å². The van der Waals surface area contributed by atoms with Gasteiger partial charge in [-0.05, 0) is 54.8 Å². The number of halogens is 1. The third kappa shape index (κ3) is 4.85. The standard InChI is InChI=1S/C25H25FN2O3/c1-17-12-19(9-10-23(17)26)20-13-21(24(29)27-14-22-8-5-11-31-22)16-28(15-20)25(30)18-6-3-2-4-7-18/h2-12,20-21H,13-16H2,1H3,(H,27,29)/t20-,21-/m1/s1. The van der Waals surface area contributed by atoms with Gasteiger partial charge in [0, 0.05) is 24.6 Å². The van der Waals surface area contributed by atoms with Gasteiger partial charge in [-0.15, -0.1) is 0 Å². The Morgan fingerprint density at radius 2 is 1.90 bits per heavy atom. The first kappa shape index (κ1) is 20.8. The van der Waals surface area contributed by atoms with Gasteiger partial charge in [0.15, 0.2) is 0 Å². The molecule has 1 fully saturated rings. The van der Waals surface area contributed by atoms with Crippen molar-refractivity contribution in [2.45, 2.75) is 25.8 Å². The molecule has 1 saturated heterocycles. The number of nitrogens with one attached hydrogen (secondary N) is 1. The van der Waals surface area contributed by atoms with E-state index in [1.165, 1.54) is 6.07 Å². The zero-order valence-corrected chi connectivity index (χ0v) is 17.4. The molecule has 1 aromatic heterocycles. The van der Waals surface area contributed by atoms with E-state index in [1.54, 1.807) is 48.4 Å². The molecule has 3 aromatic rings. The average Bonchev–Trinajstić information content (AvgIpc) is 3.33. The Labute approximate surface area is 180 Å². The highest BCUT2D eigenvalue weighted by molar-refractivity contribution is 5.94. The van der Waals surface area contributed by atoms with Gasteiger partial charge in [-0.1, -0.05) is 30.3 Å². The highest BCUT2D eigenvalue weighted by atomic mass is 19.1. The number of rotatable bonds is 5. The van der Waals surface area contributed by atoms with Gasteiger partial charge in [0.05, 0.1) is 18.7 Å². The summed E-state index contributed by atoms with van der Waals surface area (Å²) in [4.78, 5) is 27.8. The van der Waals surface area contributed by atoms with Crippen LogP contribution in [0.2, 0.25) is 0 Å². The number of amides is 2. The maximum atomic E-state index is 13.8. The number of likely N-dealkylation sites (tertiary alicyclic amines) is 1. The molecule has 0 unspecified atom stereocenters. The molecular weight excluding hydrogens is 395 g/mol. The second kappa shape index (κ2) is 9.16. The molecule has 5 nitrogen and oxygen atoms in total. The molecule has 6 heteroatoms. The van der Waals surface area contributed by atoms with Crippen LogP contribution in [-0.2, 0) is 11.3 Å². The van der Waals surface area contributed by atoms with Crippen LogP contribution in [0.15, 0.2) is 71.3 Å². The number of aryl methyl sites for hydroxylation is 1. The molecule has 1 aliphatic rings. The first-order valence-electron chi connectivity index (χ1n) is 10.4. The molecule has 31 heavy (non-hydrogen) atoms. The number of carbonyl (C=O) groups is 2. The minimum absolute atomic E-state index is 0.0555. The summed E-state index contributed by atoms with van der Waals surface area (Å²) in [5.74, 6) is -0.234. The molecule has 0 saturated carbocycles. The molecule has 0 spiro atoms. The third-order valence-corrected chi connectivity index (χ3v) is 5.80. The summed E-state index contributed by atoms with van der Waals surface area (Å²) < 4.78 is 19.1. The number of hydrogen-bond acceptors (Lipinski definition) is 3. The molecule has 0 aliphatic carbocycles. The SMILES string of the molecule is Cc1cc([C@@H]2C[C@@H](C(=O)NCc3ccco3)CN(C(=O)c3ccccc3)C2)ccc1F. The van der Waals surface area contributed by atoms with Gasteiger partial charge in [-0.3, -0.25) is 9.59 Å². The van der Waals surface area contributed by atoms with Gasteiger partial charge < -0.3 is 14.6 Å². The lowest BCUT2D eigenvalue weighted by atomic mass is 9.83. The molecule has 2 heterocycles. The Hall–Kier alpha value is -3.41. The van der Waals surface area contributed by atoms with E-state index in [1.807, 2.05) is 24.3 Å². The van der Waals surface area contributed by atoms with Gasteiger partial charge in [0.25, 0.3) is 5.91 Å². The van der Waals surface area contributed by atoms with Gasteiger partial charge in [0.1, 0.15) is 11.6 Å². The molecule has 1 aliphatic heterocycles. The van der Waals surface area contributed by atoms with Crippen LogP contribution in [-0.4, -0.2) is 29.8 Å². The van der Waals surface area contributed by atoms with Crippen LogP contribution in [0.1, 0.15) is 39.6 Å². The first-order chi connectivity index (χ1) is 15.0. The van der Waals surface area contributed by atoms with E-state index >= 15 is 0 Å². The van der Waals surface area contributed by atoms with Gasteiger partial charge in [-0.2, -0.15) is 0 Å². The van der Waals surface area contributed by atoms with Crippen LogP contribution in [0.5, 0.6) is 0 Å². The topological polar surface area (TPSA) is 62.6 Å². The molecule has 2 atom stereocenters. The summed E-state index contributed by atoms with van der Waals surface area (Å²) in [6.07, 6.45) is 2.16. The van der Waals surface area contributed by atoms with Crippen molar-refractivity contribution >= 4 is 11.8 Å². The van der Waals surface area contributed by atoms with Crippen molar-refractivity contribution in [2.75, 3.05) is 13.1 Å². The van der Waals surface area contributed by atoms with E-state index in [9.17, 15) is 14.0 Å². The Morgan fingerprint density at radius 1 is 1.10 bits per heavy atom. The van der Waals surface area contributed by atoms with Crippen LogP contribution < -0.4 is 5.32 Å². The summed E-state index contributed by atoms with van der Waals surface area (Å²) >= 11 is 0. The van der Waals surface area contributed by atoms with Crippen LogP contribution in [0.25, 0.3) is 0 Å². The minimum atomic E-state index is -0.369. The maximum absolute atomic E-state index is 13.8. The molecular formula is C25H25FN2O3. The quantitative estimate of drug-likeness (QED) is 0.670. The number of furan rings is 1. The summed E-state index contributed by atoms with van der Waals surface area (Å²) in [6.45, 7) is 2.85. The van der Waals surface area contributed by atoms with Crippen LogP contribution >= 0.6 is 0 Å². The van der Waals surface area contributed by atoms with Gasteiger partial charge in [0.2, 0.25) is 5.91 Å². The third-order valence-electron chi connectivity index (χ3n) is 5.80. The second-order valence-corrected chi connectivity index (χ2v) is 8.01. The summed E-state index contributed by atoms with van der Waals surface area (Å²) in [5.41, 5.74) is 2.09. The van der Waals surface area contributed by atoms with Crippen molar-refractivity contribution in [3.63, 3.8) is 0 Å². The summed E-state index contributed by atoms with van der Waals surface area (Å²) in [5, 5.41) is 2.92. The van der Waals surface area contributed by atoms with E-state index < -0.39 is 0 Å². The number of benzene rings is 2. The number of piperidine rings is 1. The molecule has 1 N–H and O–H groups in total. The Balaban J connectivity index is 1.55. The largest absolute Gasteiger partial charge is 0.467 e. The average molecular weight is 420 g/mol. The maximum Gasteiger partial charge on any atom is 0.253 e. The summed E-state index contributed by atoms with van der Waals surface area (Å²) in [6, 6.07) is 17.7. The Kier molecular flexibility index (Phi) is 6.16. The molecule has 0 bridgehead atoms. The smallest absolute Gasteiger partial charge is 0.253 e. The van der Waals surface area contributed by atoms with Crippen molar-refractivity contribution in [3.05, 3.63) is 95.2 Å². The lowest BCUT2D eigenvalue weighted by Crippen LogP contribution is -2.48. The Morgan fingerprint density at radius 3 is 2.61 bits per heavy atom. The van der Waals surface area contributed by atoms with Crippen LogP contribution in [0.4, 0.5) is 4.39 Å². The van der Waals surface area contributed by atoms with Gasteiger partial charge >= 0.3 is 0 Å². The number of nitrogens with zero attached hydrogens (tertiary/aromatic N) is 1. The van der Waals surface area contributed by atoms with E-state index in [0.29, 0.717) is 42.9 Å². The first-order valence-corrected chi connectivity index (χ1v) is 10.4. The molecule has 0 radical (unpaired) electrons. The van der Waals surface area contributed by atoms with Crippen molar-refractivity contribution in [1.29, 1.82) is 0 Å². The predicted octanol–water partition coefficient (Wildman–Crippen LogP) is 4.29. The lowest BCUT2D eigenvalue weighted by Gasteiger charge is -2.37. The highest BCUT2D eigenvalue weighted by Crippen LogP contribution is 2.32. The zero-order valence-electron chi connectivity index (χ0n) is 17.4. The van der Waals surface area contributed by atoms with Crippen molar-refractivity contribution in [2.24, 2.45) is 5.92 Å². The van der Waals surface area contributed by atoms with Gasteiger partial charge in [-0.25, -0.2) is 4.39 Å². The van der Waals surface area contributed by atoms with E-state index in [4.69, 9.17) is 4.42 Å². The monoisotopic (exact) mass is 420 g/mol. The summed E-state index contributed by atoms with van der Waals surface area (Å²) in [7, 11) is 0. The Bertz CT molecular complexity index is 1050. The predicted molar refractivity (Wildman–Crippen MR) is 115 cm³/mol. The fourth-order valence-corrected chi connectivity index (χ4v) is 4.11. The number of carbonyl (C=O) groups excluding carboxylic acids is 2. The molecule has 2 aromatic carbocycles. The van der Waals surface area contributed by atoms with Crippen molar-refractivity contribution in [3.8, 4) is 0 Å². The fourth-order valence-electron chi connectivity index (χ4n) is 4.11. The fraction of sp³-hybridized carbons (Fsp3) is 0.280. The van der Waals surface area contributed by atoms with E-state index in [-0.39, 0.29) is 29.5 Å².